The molecule has 0 fully saturated rings. The van der Waals surface area contributed by atoms with Gasteiger partial charge in [-0.3, -0.25) is 4.79 Å². The molecule has 110 valence electrons. The van der Waals surface area contributed by atoms with Crippen LogP contribution in [0.25, 0.3) is 0 Å². The van der Waals surface area contributed by atoms with Crippen molar-refractivity contribution in [3.63, 3.8) is 0 Å². The number of carboxylic acid groups (broad SMARTS) is 1. The molecule has 0 saturated carbocycles. The number of amides is 1. The molecule has 1 amide bonds. The minimum absolute atomic E-state index is 0.214. The number of aryl methyl sites for hydroxylation is 2. The van der Waals surface area contributed by atoms with Crippen molar-refractivity contribution >= 4 is 39.6 Å². The van der Waals surface area contributed by atoms with Crippen LogP contribution < -0.4 is 5.32 Å². The molecule has 1 aromatic rings. The van der Waals surface area contributed by atoms with E-state index in [1.165, 1.54) is 11.8 Å². The summed E-state index contributed by atoms with van der Waals surface area (Å²) >= 11 is 4.88. The lowest BCUT2D eigenvalue weighted by molar-refractivity contribution is -0.141. The first kappa shape index (κ1) is 17.0. The highest BCUT2D eigenvalue weighted by Gasteiger charge is 2.17. The largest absolute Gasteiger partial charge is 0.480 e. The summed E-state index contributed by atoms with van der Waals surface area (Å²) in [6.45, 7) is 5.70. The first-order chi connectivity index (χ1) is 9.35. The lowest BCUT2D eigenvalue weighted by Gasteiger charge is -2.13. The van der Waals surface area contributed by atoms with E-state index in [4.69, 9.17) is 5.11 Å². The van der Waals surface area contributed by atoms with Gasteiger partial charge in [0.25, 0.3) is 0 Å². The Morgan fingerprint density at radius 3 is 2.55 bits per heavy atom. The van der Waals surface area contributed by atoms with Crippen molar-refractivity contribution in [2.45, 2.75) is 38.1 Å². The fourth-order valence-corrected chi connectivity index (χ4v) is 3.00. The molecule has 6 heteroatoms. The third kappa shape index (κ3) is 4.83. The first-order valence-electron chi connectivity index (χ1n) is 6.26. The van der Waals surface area contributed by atoms with E-state index in [1.807, 2.05) is 26.0 Å². The number of hydrogen-bond donors (Lipinski definition) is 2. The second-order valence-electron chi connectivity index (χ2n) is 4.52. The number of rotatable bonds is 6. The number of benzene rings is 1. The first-order valence-corrected chi connectivity index (χ1v) is 8.04. The molecule has 0 aliphatic rings. The zero-order chi connectivity index (χ0) is 15.3. The van der Waals surface area contributed by atoms with Crippen LogP contribution in [0.4, 0.5) is 0 Å². The number of carbonyl (C=O) groups excluding carboxylic acids is 1. The molecule has 0 bridgehead atoms. The molecule has 2 N–H and O–H groups in total. The van der Waals surface area contributed by atoms with Crippen LogP contribution in [-0.4, -0.2) is 28.8 Å². The molecular formula is C14H18BrNO3S. The Bertz CT molecular complexity index is 519. The van der Waals surface area contributed by atoms with Crippen LogP contribution in [0.2, 0.25) is 0 Å². The average Bonchev–Trinajstić information content (AvgIpc) is 2.38. The molecule has 4 nitrogen and oxygen atoms in total. The van der Waals surface area contributed by atoms with E-state index >= 15 is 0 Å². The summed E-state index contributed by atoms with van der Waals surface area (Å²) in [5.41, 5.74) is 2.20. The van der Waals surface area contributed by atoms with Crippen molar-refractivity contribution in [2.24, 2.45) is 0 Å². The van der Waals surface area contributed by atoms with Crippen molar-refractivity contribution in [3.8, 4) is 0 Å². The summed E-state index contributed by atoms with van der Waals surface area (Å²) in [5.74, 6) is -1.04. The van der Waals surface area contributed by atoms with E-state index in [1.54, 1.807) is 6.92 Å². The number of aliphatic carboxylic acids is 1. The van der Waals surface area contributed by atoms with Gasteiger partial charge >= 0.3 is 5.97 Å². The highest BCUT2D eigenvalue weighted by Crippen LogP contribution is 2.28. The maximum atomic E-state index is 11.7. The van der Waals surface area contributed by atoms with Crippen LogP contribution in [0.15, 0.2) is 21.5 Å². The van der Waals surface area contributed by atoms with E-state index < -0.39 is 12.0 Å². The van der Waals surface area contributed by atoms with Crippen molar-refractivity contribution in [2.75, 3.05) is 5.75 Å². The Morgan fingerprint density at radius 2 is 2.00 bits per heavy atom. The van der Waals surface area contributed by atoms with E-state index in [0.29, 0.717) is 6.42 Å². The molecule has 0 saturated heterocycles. The Kier molecular flexibility index (Phi) is 6.55. The number of carbonyl (C=O) groups is 2. The van der Waals surface area contributed by atoms with Gasteiger partial charge in [0.05, 0.1) is 5.75 Å². The molecule has 20 heavy (non-hydrogen) atoms. The SMILES string of the molecule is CCC(NC(=O)CSc1cc(C)c(Br)cc1C)C(=O)O. The van der Waals surface area contributed by atoms with Gasteiger partial charge in [-0.15, -0.1) is 11.8 Å². The third-order valence-corrected chi connectivity index (χ3v) is 4.87. The lowest BCUT2D eigenvalue weighted by atomic mass is 10.2. The maximum absolute atomic E-state index is 11.7. The highest BCUT2D eigenvalue weighted by atomic mass is 79.9. The summed E-state index contributed by atoms with van der Waals surface area (Å²) in [6, 6.07) is 3.23. The zero-order valence-corrected chi connectivity index (χ0v) is 14.1. The van der Waals surface area contributed by atoms with Crippen LogP contribution in [-0.2, 0) is 9.59 Å². The fraction of sp³-hybridized carbons (Fsp3) is 0.429. The topological polar surface area (TPSA) is 66.4 Å². The number of carboxylic acids is 1. The number of hydrogen-bond acceptors (Lipinski definition) is 3. The number of halogens is 1. The van der Waals surface area contributed by atoms with Gasteiger partial charge < -0.3 is 10.4 Å². The average molecular weight is 360 g/mol. The standard InChI is InChI=1S/C14H18BrNO3S/c1-4-11(14(18)19)16-13(17)7-20-12-6-8(2)10(15)5-9(12)3/h5-6,11H,4,7H2,1-3H3,(H,16,17)(H,18,19). The van der Waals surface area contributed by atoms with E-state index in [0.717, 1.165) is 20.5 Å². The van der Waals surface area contributed by atoms with Crippen molar-refractivity contribution in [1.82, 2.24) is 5.32 Å². The van der Waals surface area contributed by atoms with Crippen molar-refractivity contribution in [1.29, 1.82) is 0 Å². The van der Waals surface area contributed by atoms with Gasteiger partial charge in [0, 0.05) is 9.37 Å². The van der Waals surface area contributed by atoms with Gasteiger partial charge in [-0.05, 0) is 43.5 Å². The third-order valence-electron chi connectivity index (χ3n) is 2.86. The molecule has 1 unspecified atom stereocenters. The minimum atomic E-state index is -0.999. The van der Waals surface area contributed by atoms with Crippen molar-refractivity contribution in [3.05, 3.63) is 27.7 Å². The van der Waals surface area contributed by atoms with Gasteiger partial charge in [-0.1, -0.05) is 22.9 Å². The van der Waals surface area contributed by atoms with Crippen molar-refractivity contribution < 1.29 is 14.7 Å². The monoisotopic (exact) mass is 359 g/mol. The molecule has 1 aromatic carbocycles. The second kappa shape index (κ2) is 7.69. The molecule has 0 aliphatic heterocycles. The Hall–Kier alpha value is -1.01. The van der Waals surface area contributed by atoms with Crippen LogP contribution in [0.5, 0.6) is 0 Å². The molecule has 0 aliphatic carbocycles. The van der Waals surface area contributed by atoms with E-state index in [-0.39, 0.29) is 11.7 Å². The van der Waals surface area contributed by atoms with E-state index in [9.17, 15) is 9.59 Å². The summed E-state index contributed by atoms with van der Waals surface area (Å²) in [5, 5.41) is 11.4. The number of nitrogens with one attached hydrogen (secondary N) is 1. The molecule has 0 heterocycles. The highest BCUT2D eigenvalue weighted by molar-refractivity contribution is 9.10. The minimum Gasteiger partial charge on any atom is -0.480 e. The maximum Gasteiger partial charge on any atom is 0.326 e. The molecule has 0 aromatic heterocycles. The second-order valence-corrected chi connectivity index (χ2v) is 6.39. The van der Waals surface area contributed by atoms with Gasteiger partial charge in [0.1, 0.15) is 6.04 Å². The van der Waals surface area contributed by atoms with Crippen LogP contribution in [0.3, 0.4) is 0 Å². The Balaban J connectivity index is 2.61. The molecular weight excluding hydrogens is 342 g/mol. The fourth-order valence-electron chi connectivity index (χ4n) is 1.63. The Morgan fingerprint density at radius 1 is 1.35 bits per heavy atom. The zero-order valence-electron chi connectivity index (χ0n) is 11.7. The Labute approximate surface area is 131 Å². The number of thioether (sulfide) groups is 1. The smallest absolute Gasteiger partial charge is 0.326 e. The molecule has 0 spiro atoms. The summed E-state index contributed by atoms with van der Waals surface area (Å²) in [4.78, 5) is 23.6. The predicted octanol–water partition coefficient (Wildman–Crippen LogP) is 3.14. The van der Waals surface area contributed by atoms with Gasteiger partial charge in [-0.2, -0.15) is 0 Å². The van der Waals surface area contributed by atoms with Crippen LogP contribution in [0.1, 0.15) is 24.5 Å². The van der Waals surface area contributed by atoms with Crippen LogP contribution >= 0.6 is 27.7 Å². The van der Waals surface area contributed by atoms with E-state index in [2.05, 4.69) is 21.2 Å². The lowest BCUT2D eigenvalue weighted by Crippen LogP contribution is -2.41. The van der Waals surface area contributed by atoms with Crippen LogP contribution in [0, 0.1) is 13.8 Å². The normalized spacial score (nSPS) is 12.0. The molecule has 1 atom stereocenters. The summed E-state index contributed by atoms with van der Waals surface area (Å²) in [6.07, 6.45) is 0.377. The van der Waals surface area contributed by atoms with Gasteiger partial charge in [0.15, 0.2) is 0 Å². The summed E-state index contributed by atoms with van der Waals surface area (Å²) in [7, 11) is 0. The van der Waals surface area contributed by atoms with Gasteiger partial charge in [-0.25, -0.2) is 4.79 Å². The van der Waals surface area contributed by atoms with Gasteiger partial charge in [0.2, 0.25) is 5.91 Å². The summed E-state index contributed by atoms with van der Waals surface area (Å²) < 4.78 is 1.04. The molecule has 0 radical (unpaired) electrons. The quantitative estimate of drug-likeness (QED) is 0.765. The molecule has 1 rings (SSSR count). The predicted molar refractivity (Wildman–Crippen MR) is 84.2 cm³/mol.